The van der Waals surface area contributed by atoms with Crippen molar-refractivity contribution in [3.63, 3.8) is 0 Å². The largest absolute Gasteiger partial charge is 0.279 e. The molecule has 0 amide bonds. The Bertz CT molecular complexity index is 1390. The molecule has 1 aliphatic carbocycles. The third-order valence-corrected chi connectivity index (χ3v) is 8.77. The van der Waals surface area contributed by atoms with E-state index in [1.165, 1.54) is 22.2 Å². The molecule has 0 fully saturated rings. The van der Waals surface area contributed by atoms with Crippen LogP contribution in [0.4, 0.5) is 0 Å². The molecule has 2 heterocycles. The fraction of sp³-hybridized carbons (Fsp3) is 0.500. The fourth-order valence-corrected chi connectivity index (χ4v) is 5.60. The highest BCUT2D eigenvalue weighted by atomic mass is 15.1. The molecule has 0 unspecified atom stereocenters. The van der Waals surface area contributed by atoms with Crippen LogP contribution < -0.4 is 0 Å². The van der Waals surface area contributed by atoms with E-state index in [2.05, 4.69) is 104 Å². The molecule has 0 spiro atoms. The lowest BCUT2D eigenvalue weighted by molar-refractivity contribution is 0.125. The third kappa shape index (κ3) is 2.41. The minimum absolute atomic E-state index is 0.0630. The summed E-state index contributed by atoms with van der Waals surface area (Å²) in [6.45, 7) is 23.3. The average Bonchev–Trinajstić information content (AvgIpc) is 3.06. The van der Waals surface area contributed by atoms with Crippen LogP contribution in [0.15, 0.2) is 30.3 Å². The van der Waals surface area contributed by atoms with Crippen LogP contribution in [0, 0.1) is 12.3 Å². The monoisotopic (exact) mass is 413 g/mol. The summed E-state index contributed by atoms with van der Waals surface area (Å²) >= 11 is 0. The van der Waals surface area contributed by atoms with Gasteiger partial charge in [0, 0.05) is 10.8 Å². The number of hydrogen-bond donors (Lipinski definition) is 0. The Labute approximate surface area is 185 Å². The number of imidazole rings is 1. The Morgan fingerprint density at radius 2 is 1.39 bits per heavy atom. The zero-order valence-corrected chi connectivity index (χ0v) is 20.7. The minimum Gasteiger partial charge on any atom is -0.279 e. The highest BCUT2D eigenvalue weighted by Gasteiger charge is 2.57. The molecule has 3 nitrogen and oxygen atoms in total. The predicted octanol–water partition coefficient (Wildman–Crippen LogP) is 7.24. The lowest BCUT2D eigenvalue weighted by Crippen LogP contribution is -2.42. The molecule has 0 aliphatic heterocycles. The zero-order chi connectivity index (χ0) is 22.7. The van der Waals surface area contributed by atoms with E-state index in [-0.39, 0.29) is 21.7 Å². The quantitative estimate of drug-likeness (QED) is 0.304. The molecule has 31 heavy (non-hydrogen) atoms. The van der Waals surface area contributed by atoms with Gasteiger partial charge in [0.1, 0.15) is 11.5 Å². The van der Waals surface area contributed by atoms with Crippen LogP contribution in [-0.2, 0) is 16.2 Å². The second-order valence-electron chi connectivity index (χ2n) is 12.2. The molecule has 0 saturated heterocycles. The normalized spacial score (nSPS) is 19.4. The number of benzene rings is 2. The zero-order valence-electron chi connectivity index (χ0n) is 20.7. The molecule has 3 heteroatoms. The van der Waals surface area contributed by atoms with Crippen molar-refractivity contribution in [2.24, 2.45) is 5.41 Å². The number of rotatable bonds is 0. The molecule has 1 aliphatic rings. The van der Waals surface area contributed by atoms with E-state index in [0.29, 0.717) is 0 Å². The number of hydrogen-bond acceptors (Lipinski definition) is 2. The molecule has 0 saturated carbocycles. The molecule has 0 N–H and O–H groups in total. The molecule has 0 radical (unpaired) electrons. The van der Waals surface area contributed by atoms with Crippen LogP contribution in [0.3, 0.4) is 0 Å². The first-order valence-electron chi connectivity index (χ1n) is 11.5. The second kappa shape index (κ2) is 5.68. The third-order valence-electron chi connectivity index (χ3n) is 8.77. The van der Waals surface area contributed by atoms with Crippen molar-refractivity contribution in [2.75, 3.05) is 0 Å². The predicted molar refractivity (Wildman–Crippen MR) is 131 cm³/mol. The SMILES string of the molecule is Cc1ccc2c(c1)nc(C(C)(C)C)n1c3cc4c(cc3nc21)C(C)(C)C(C)(C)C4(C)C. The maximum absolute atomic E-state index is 5.21. The Morgan fingerprint density at radius 3 is 2.00 bits per heavy atom. The number of fused-ring (bicyclic) bond motifs is 6. The summed E-state index contributed by atoms with van der Waals surface area (Å²) in [4.78, 5) is 10.4. The Hall–Kier alpha value is -2.42. The lowest BCUT2D eigenvalue weighted by Gasteiger charge is -2.44. The van der Waals surface area contributed by atoms with Crippen molar-refractivity contribution in [1.29, 1.82) is 0 Å². The first kappa shape index (κ1) is 20.5. The lowest BCUT2D eigenvalue weighted by atomic mass is 9.59. The summed E-state index contributed by atoms with van der Waals surface area (Å²) in [6, 6.07) is 11.3. The highest BCUT2D eigenvalue weighted by Crippen LogP contribution is 2.62. The van der Waals surface area contributed by atoms with E-state index in [4.69, 9.17) is 9.97 Å². The number of aryl methyl sites for hydroxylation is 1. The first-order chi connectivity index (χ1) is 14.2. The standard InChI is InChI=1S/C28H35N3/c1-16-11-12-17-20(13-16)30-24(25(2,3)4)31-22-15-19-18(14-21(22)29-23(17)31)26(5,6)28(9,10)27(19,7)8/h11-15H,1-10H3. The molecular formula is C28H35N3. The van der Waals surface area contributed by atoms with E-state index < -0.39 is 0 Å². The van der Waals surface area contributed by atoms with Gasteiger partial charge in [-0.25, -0.2) is 9.97 Å². The topological polar surface area (TPSA) is 30.2 Å². The van der Waals surface area contributed by atoms with Crippen LogP contribution in [0.25, 0.3) is 27.6 Å². The average molecular weight is 414 g/mol. The van der Waals surface area contributed by atoms with E-state index in [1.807, 2.05) is 0 Å². The van der Waals surface area contributed by atoms with Gasteiger partial charge in [0.2, 0.25) is 0 Å². The molecule has 162 valence electrons. The van der Waals surface area contributed by atoms with Crippen molar-refractivity contribution in [3.05, 3.63) is 52.8 Å². The smallest absolute Gasteiger partial charge is 0.148 e. The van der Waals surface area contributed by atoms with Gasteiger partial charge in [-0.2, -0.15) is 0 Å². The van der Waals surface area contributed by atoms with Gasteiger partial charge < -0.3 is 0 Å². The van der Waals surface area contributed by atoms with Crippen LogP contribution in [0.5, 0.6) is 0 Å². The van der Waals surface area contributed by atoms with Crippen molar-refractivity contribution in [2.45, 2.75) is 85.5 Å². The summed E-state index contributed by atoms with van der Waals surface area (Å²) < 4.78 is 2.32. The maximum Gasteiger partial charge on any atom is 0.148 e. The van der Waals surface area contributed by atoms with Gasteiger partial charge in [-0.15, -0.1) is 0 Å². The second-order valence-corrected chi connectivity index (χ2v) is 12.2. The molecule has 0 bridgehead atoms. The summed E-state index contributed by atoms with van der Waals surface area (Å²) in [6.07, 6.45) is 0. The van der Waals surface area contributed by atoms with Crippen LogP contribution in [0.2, 0.25) is 0 Å². The summed E-state index contributed by atoms with van der Waals surface area (Å²) in [5, 5.41) is 1.12. The van der Waals surface area contributed by atoms with Crippen LogP contribution in [-0.4, -0.2) is 14.4 Å². The van der Waals surface area contributed by atoms with Crippen LogP contribution in [0.1, 0.15) is 84.8 Å². The fourth-order valence-electron chi connectivity index (χ4n) is 5.60. The molecule has 2 aromatic carbocycles. The molecule has 2 aromatic heterocycles. The van der Waals surface area contributed by atoms with E-state index in [1.54, 1.807) is 0 Å². The van der Waals surface area contributed by atoms with Crippen molar-refractivity contribution in [1.82, 2.24) is 14.4 Å². The van der Waals surface area contributed by atoms with E-state index >= 15 is 0 Å². The summed E-state index contributed by atoms with van der Waals surface area (Å²) in [5.74, 6) is 1.07. The van der Waals surface area contributed by atoms with Gasteiger partial charge in [0.15, 0.2) is 0 Å². The molecular weight excluding hydrogens is 378 g/mol. The van der Waals surface area contributed by atoms with Gasteiger partial charge in [0.05, 0.1) is 16.6 Å². The Balaban J connectivity index is 1.99. The highest BCUT2D eigenvalue weighted by molar-refractivity contribution is 5.97. The van der Waals surface area contributed by atoms with E-state index in [0.717, 1.165) is 27.9 Å². The van der Waals surface area contributed by atoms with Crippen molar-refractivity contribution >= 4 is 27.6 Å². The number of aromatic nitrogens is 3. The van der Waals surface area contributed by atoms with Gasteiger partial charge in [-0.1, -0.05) is 68.4 Å². The minimum atomic E-state index is -0.100. The molecule has 0 atom stereocenters. The number of nitrogens with zero attached hydrogens (tertiary/aromatic N) is 3. The molecule has 5 rings (SSSR count). The Morgan fingerprint density at radius 1 is 0.774 bits per heavy atom. The summed E-state index contributed by atoms with van der Waals surface area (Å²) in [7, 11) is 0. The van der Waals surface area contributed by atoms with Gasteiger partial charge in [-0.05, 0) is 64.1 Å². The van der Waals surface area contributed by atoms with Gasteiger partial charge >= 0.3 is 0 Å². The summed E-state index contributed by atoms with van der Waals surface area (Å²) in [5.41, 5.74) is 8.57. The van der Waals surface area contributed by atoms with Gasteiger partial charge in [0.25, 0.3) is 0 Å². The Kier molecular flexibility index (Phi) is 3.75. The first-order valence-corrected chi connectivity index (χ1v) is 11.5. The van der Waals surface area contributed by atoms with E-state index in [9.17, 15) is 0 Å². The van der Waals surface area contributed by atoms with Crippen molar-refractivity contribution in [3.8, 4) is 0 Å². The van der Waals surface area contributed by atoms with Crippen molar-refractivity contribution < 1.29 is 0 Å². The molecule has 4 aromatic rings. The van der Waals surface area contributed by atoms with Crippen LogP contribution >= 0.6 is 0 Å². The van der Waals surface area contributed by atoms with Gasteiger partial charge in [-0.3, -0.25) is 4.40 Å². The maximum atomic E-state index is 5.21.